The topological polar surface area (TPSA) is 67.5 Å². The lowest BCUT2D eigenvalue weighted by molar-refractivity contribution is 0.0676. The van der Waals surface area contributed by atoms with Gasteiger partial charge in [-0.2, -0.15) is 0 Å². The molecule has 1 aromatic rings. The van der Waals surface area contributed by atoms with Gasteiger partial charge in [-0.05, 0) is 13.8 Å². The highest BCUT2D eigenvalue weighted by Crippen LogP contribution is 2.24. The smallest absolute Gasteiger partial charge is 0.372 e. The van der Waals surface area contributed by atoms with E-state index < -0.39 is 5.97 Å². The van der Waals surface area contributed by atoms with Crippen LogP contribution in [-0.4, -0.2) is 31.8 Å². The van der Waals surface area contributed by atoms with Gasteiger partial charge in [0.25, 0.3) is 0 Å². The largest absolute Gasteiger partial charge is 0.475 e. The van der Waals surface area contributed by atoms with Crippen LogP contribution in [0.25, 0.3) is 0 Å². The first-order chi connectivity index (χ1) is 7.50. The van der Waals surface area contributed by atoms with E-state index in [-0.39, 0.29) is 16.8 Å². The molecular weight excluding hydrogens is 274 g/mol. The Labute approximate surface area is 101 Å². The summed E-state index contributed by atoms with van der Waals surface area (Å²) < 4.78 is 1.76. The van der Waals surface area contributed by atoms with Crippen molar-refractivity contribution in [1.82, 2.24) is 9.55 Å². The van der Waals surface area contributed by atoms with Crippen LogP contribution in [0.1, 0.15) is 41.9 Å². The first-order valence-corrected chi connectivity index (χ1v) is 5.94. The van der Waals surface area contributed by atoms with Gasteiger partial charge >= 0.3 is 5.97 Å². The van der Waals surface area contributed by atoms with Gasteiger partial charge in [-0.3, -0.25) is 4.99 Å². The van der Waals surface area contributed by atoms with Crippen molar-refractivity contribution in [3.8, 4) is 0 Å². The molecule has 1 aliphatic rings. The molecule has 1 N–H and O–H groups in total. The van der Waals surface area contributed by atoms with Crippen LogP contribution in [0.3, 0.4) is 0 Å². The third-order valence-corrected chi connectivity index (χ3v) is 3.03. The van der Waals surface area contributed by atoms with Crippen molar-refractivity contribution < 1.29 is 9.90 Å². The SMILES string of the molecule is CC(C)n1c(C(=O)O)nc2c1CC(Br)N=C2. The molecule has 86 valence electrons. The van der Waals surface area contributed by atoms with Crippen LogP contribution in [0.5, 0.6) is 0 Å². The van der Waals surface area contributed by atoms with Crippen LogP contribution < -0.4 is 0 Å². The summed E-state index contributed by atoms with van der Waals surface area (Å²) in [5.74, 6) is -0.907. The van der Waals surface area contributed by atoms with Crippen LogP contribution >= 0.6 is 15.9 Å². The lowest BCUT2D eigenvalue weighted by Gasteiger charge is -2.17. The van der Waals surface area contributed by atoms with E-state index in [1.807, 2.05) is 13.8 Å². The second-order valence-corrected chi connectivity index (χ2v) is 5.01. The number of halogens is 1. The van der Waals surface area contributed by atoms with Gasteiger partial charge in [0.2, 0.25) is 5.82 Å². The molecule has 0 fully saturated rings. The van der Waals surface area contributed by atoms with Crippen molar-refractivity contribution in [3.63, 3.8) is 0 Å². The Hall–Kier alpha value is -1.17. The molecule has 0 aromatic carbocycles. The molecule has 1 atom stereocenters. The third-order valence-electron chi connectivity index (χ3n) is 2.47. The Balaban J connectivity index is 2.59. The van der Waals surface area contributed by atoms with Gasteiger partial charge in [0, 0.05) is 12.5 Å². The highest BCUT2D eigenvalue weighted by Gasteiger charge is 2.25. The second kappa shape index (κ2) is 4.01. The van der Waals surface area contributed by atoms with Crippen molar-refractivity contribution in [2.45, 2.75) is 31.3 Å². The molecule has 0 radical (unpaired) electrons. The number of carbonyl (C=O) groups is 1. The standard InChI is InChI=1S/C10H12BrN3O2/c1-5(2)14-7-3-8(11)12-4-6(7)13-9(14)10(15)16/h4-5,8H,3H2,1-2H3,(H,15,16). The summed E-state index contributed by atoms with van der Waals surface area (Å²) in [7, 11) is 0. The molecule has 0 saturated carbocycles. The number of aromatic nitrogens is 2. The minimum atomic E-state index is -0.998. The van der Waals surface area contributed by atoms with E-state index in [1.54, 1.807) is 10.8 Å². The van der Waals surface area contributed by atoms with Gasteiger partial charge < -0.3 is 9.67 Å². The quantitative estimate of drug-likeness (QED) is 0.666. The van der Waals surface area contributed by atoms with Gasteiger partial charge in [-0.25, -0.2) is 9.78 Å². The Morgan fingerprint density at radius 2 is 2.38 bits per heavy atom. The lowest BCUT2D eigenvalue weighted by atomic mass is 10.2. The summed E-state index contributed by atoms with van der Waals surface area (Å²) in [5.41, 5.74) is 1.60. The molecule has 0 spiro atoms. The van der Waals surface area contributed by atoms with E-state index >= 15 is 0 Å². The van der Waals surface area contributed by atoms with E-state index in [2.05, 4.69) is 25.9 Å². The molecule has 0 aliphatic carbocycles. The fraction of sp³-hybridized carbons (Fsp3) is 0.500. The molecule has 2 rings (SSSR count). The Morgan fingerprint density at radius 1 is 1.69 bits per heavy atom. The summed E-state index contributed by atoms with van der Waals surface area (Å²) in [4.78, 5) is 19.4. The van der Waals surface area contributed by atoms with E-state index in [4.69, 9.17) is 5.11 Å². The fourth-order valence-corrected chi connectivity index (χ4v) is 2.29. The van der Waals surface area contributed by atoms with Crippen LogP contribution in [0, 0.1) is 0 Å². The maximum absolute atomic E-state index is 11.1. The molecule has 16 heavy (non-hydrogen) atoms. The van der Waals surface area contributed by atoms with Crippen molar-refractivity contribution in [2.24, 2.45) is 4.99 Å². The van der Waals surface area contributed by atoms with Crippen molar-refractivity contribution in [3.05, 3.63) is 17.2 Å². The predicted octanol–water partition coefficient (Wildman–Crippen LogP) is 1.86. The number of carboxylic acids is 1. The number of hydrogen-bond donors (Lipinski definition) is 1. The molecule has 2 heterocycles. The minimum absolute atomic E-state index is 0.0100. The van der Waals surface area contributed by atoms with Gasteiger partial charge in [0.05, 0.1) is 11.9 Å². The number of aliphatic imine (C=N–C) groups is 1. The fourth-order valence-electron chi connectivity index (χ4n) is 1.86. The van der Waals surface area contributed by atoms with Crippen LogP contribution in [0.2, 0.25) is 0 Å². The van der Waals surface area contributed by atoms with E-state index in [0.29, 0.717) is 12.1 Å². The average Bonchev–Trinajstić information content (AvgIpc) is 2.55. The van der Waals surface area contributed by atoms with Gasteiger partial charge in [0.15, 0.2) is 0 Å². The molecule has 6 heteroatoms. The normalized spacial score (nSPS) is 18.9. The van der Waals surface area contributed by atoms with Gasteiger partial charge in [0.1, 0.15) is 10.6 Å². The molecular formula is C10H12BrN3O2. The average molecular weight is 286 g/mol. The number of nitrogens with zero attached hydrogens (tertiary/aromatic N) is 3. The van der Waals surface area contributed by atoms with Gasteiger partial charge in [-0.1, -0.05) is 15.9 Å². The molecule has 5 nitrogen and oxygen atoms in total. The number of rotatable bonds is 2. The van der Waals surface area contributed by atoms with E-state index in [9.17, 15) is 4.79 Å². The third kappa shape index (κ3) is 1.77. The Morgan fingerprint density at radius 3 is 2.94 bits per heavy atom. The van der Waals surface area contributed by atoms with Crippen LogP contribution in [-0.2, 0) is 6.42 Å². The van der Waals surface area contributed by atoms with Crippen molar-refractivity contribution >= 4 is 28.1 Å². The number of imidazole rings is 1. The Kier molecular flexibility index (Phi) is 2.84. The zero-order valence-corrected chi connectivity index (χ0v) is 10.6. The van der Waals surface area contributed by atoms with Gasteiger partial charge in [-0.15, -0.1) is 0 Å². The molecule has 1 unspecified atom stereocenters. The zero-order chi connectivity index (χ0) is 11.9. The molecule has 1 aromatic heterocycles. The van der Waals surface area contributed by atoms with Crippen molar-refractivity contribution in [1.29, 1.82) is 0 Å². The summed E-state index contributed by atoms with van der Waals surface area (Å²) in [6.07, 6.45) is 2.30. The molecule has 0 bridgehead atoms. The van der Waals surface area contributed by atoms with Crippen molar-refractivity contribution in [2.75, 3.05) is 0 Å². The number of fused-ring (bicyclic) bond motifs is 1. The van der Waals surface area contributed by atoms with E-state index in [0.717, 1.165) is 5.69 Å². The number of alkyl halides is 1. The predicted molar refractivity (Wildman–Crippen MR) is 63.6 cm³/mol. The summed E-state index contributed by atoms with van der Waals surface area (Å²) in [6.45, 7) is 3.90. The van der Waals surface area contributed by atoms with E-state index in [1.165, 1.54) is 0 Å². The van der Waals surface area contributed by atoms with Crippen LogP contribution in [0.4, 0.5) is 0 Å². The number of carboxylic acid groups (broad SMARTS) is 1. The Bertz CT molecular complexity index is 465. The first kappa shape index (κ1) is 11.3. The molecule has 1 aliphatic heterocycles. The highest BCUT2D eigenvalue weighted by molar-refractivity contribution is 9.09. The molecule has 0 saturated heterocycles. The summed E-state index contributed by atoms with van der Waals surface area (Å²) in [6, 6.07) is 0.0774. The first-order valence-electron chi connectivity index (χ1n) is 5.02. The summed E-state index contributed by atoms with van der Waals surface area (Å²) >= 11 is 3.40. The second-order valence-electron chi connectivity index (χ2n) is 3.95. The molecule has 0 amide bonds. The highest BCUT2D eigenvalue weighted by atomic mass is 79.9. The monoisotopic (exact) mass is 285 g/mol. The number of aromatic carboxylic acids is 1. The maximum atomic E-state index is 11.1. The summed E-state index contributed by atoms with van der Waals surface area (Å²) in [5, 5.41) is 9.09. The van der Waals surface area contributed by atoms with Crippen LogP contribution in [0.15, 0.2) is 4.99 Å². The maximum Gasteiger partial charge on any atom is 0.372 e. The lowest BCUT2D eigenvalue weighted by Crippen LogP contribution is -2.17. The minimum Gasteiger partial charge on any atom is -0.475 e. The number of hydrogen-bond acceptors (Lipinski definition) is 3. The zero-order valence-electron chi connectivity index (χ0n) is 9.01.